The van der Waals surface area contributed by atoms with Gasteiger partial charge in [0, 0.05) is 31.2 Å². The average Bonchev–Trinajstić information content (AvgIpc) is 2.99. The molecule has 0 spiro atoms. The number of carbonyl (C=O) groups is 2. The molecule has 1 N–H and O–H groups in total. The molecule has 2 aromatic rings. The van der Waals surface area contributed by atoms with Gasteiger partial charge in [-0.25, -0.2) is 4.79 Å². The lowest BCUT2D eigenvalue weighted by atomic mass is 10.1. The Morgan fingerprint density at radius 2 is 1.93 bits per heavy atom. The molecule has 14 heteroatoms. The summed E-state index contributed by atoms with van der Waals surface area (Å²) in [6, 6.07) is 2.77. The van der Waals surface area contributed by atoms with Gasteiger partial charge in [-0.15, -0.1) is 0 Å². The van der Waals surface area contributed by atoms with Crippen LogP contribution in [-0.4, -0.2) is 40.0 Å². The quantitative estimate of drug-likeness (QED) is 0.215. The van der Waals surface area contributed by atoms with Gasteiger partial charge in [0.1, 0.15) is 0 Å². The minimum atomic E-state index is -0.953. The molecule has 14 nitrogen and oxygen atoms in total. The van der Waals surface area contributed by atoms with E-state index in [4.69, 9.17) is 4.74 Å². The number of nitro benzene ring substituents is 2. The van der Waals surface area contributed by atoms with Crippen molar-refractivity contribution < 1.29 is 33.7 Å². The zero-order valence-corrected chi connectivity index (χ0v) is 14.3. The zero-order valence-electron chi connectivity index (χ0n) is 14.3. The van der Waals surface area contributed by atoms with E-state index in [0.717, 1.165) is 18.2 Å². The van der Waals surface area contributed by atoms with E-state index >= 15 is 0 Å². The molecule has 0 fully saturated rings. The molecule has 0 aliphatic carbocycles. The van der Waals surface area contributed by atoms with Crippen molar-refractivity contribution in [1.82, 2.24) is 10.5 Å². The Labute approximate surface area is 155 Å². The second-order valence-electron chi connectivity index (χ2n) is 5.33. The summed E-state index contributed by atoms with van der Waals surface area (Å²) < 4.78 is 9.11. The molecule has 0 saturated carbocycles. The Morgan fingerprint density at radius 1 is 1.25 bits per heavy atom. The molecule has 0 aliphatic heterocycles. The van der Waals surface area contributed by atoms with E-state index in [1.807, 2.05) is 0 Å². The fraction of sp³-hybridized carbons (Fsp3) is 0.286. The number of nitro groups is 2. The second-order valence-corrected chi connectivity index (χ2v) is 5.33. The number of nitrogens with one attached hydrogen (secondary N) is 1. The largest absolute Gasteiger partial charge is 0.459 e. The maximum absolute atomic E-state index is 12.0. The topological polar surface area (TPSA) is 195 Å². The van der Waals surface area contributed by atoms with E-state index in [-0.39, 0.29) is 41.4 Å². The molecule has 1 heterocycles. The normalized spacial score (nSPS) is 10.3. The van der Waals surface area contributed by atoms with Crippen LogP contribution in [0.5, 0.6) is 0 Å². The molecule has 1 aromatic heterocycles. The van der Waals surface area contributed by atoms with Crippen molar-refractivity contribution in [3.63, 3.8) is 0 Å². The lowest BCUT2D eigenvalue weighted by molar-refractivity contribution is -0.806. The highest BCUT2D eigenvalue weighted by Crippen LogP contribution is 2.27. The standard InChI is InChI=1S/C14H13N5O9/c1-8-12(16-28-19(8)26)14(21)27-6-2-5-15-13(20)9-3-4-10(17(22)23)11(7-9)18(24)25/h3-4,7H,2,5-6H2,1H3,(H,15,20). The predicted octanol–water partition coefficient (Wildman–Crippen LogP) is 0.410. The van der Waals surface area contributed by atoms with Crippen LogP contribution in [-0.2, 0) is 4.74 Å². The van der Waals surface area contributed by atoms with Crippen LogP contribution in [0.2, 0.25) is 0 Å². The Kier molecular flexibility index (Phi) is 6.15. The molecule has 0 radical (unpaired) electrons. The maximum atomic E-state index is 12.0. The van der Waals surface area contributed by atoms with Crippen LogP contribution >= 0.6 is 0 Å². The number of rotatable bonds is 8. The number of hydrogen-bond acceptors (Lipinski definition) is 10. The van der Waals surface area contributed by atoms with Crippen LogP contribution in [0.1, 0.15) is 33.0 Å². The number of amides is 1. The smallest absolute Gasteiger partial charge is 0.389 e. The zero-order chi connectivity index (χ0) is 20.8. The fourth-order valence-corrected chi connectivity index (χ4v) is 2.05. The van der Waals surface area contributed by atoms with Gasteiger partial charge in [0.25, 0.3) is 5.91 Å². The molecule has 1 amide bonds. The number of ether oxygens (including phenoxy) is 1. The maximum Gasteiger partial charge on any atom is 0.389 e. The number of aromatic nitrogens is 2. The van der Waals surface area contributed by atoms with Crippen molar-refractivity contribution >= 4 is 23.3 Å². The van der Waals surface area contributed by atoms with E-state index < -0.39 is 33.1 Å². The third-order valence-electron chi connectivity index (χ3n) is 3.49. The van der Waals surface area contributed by atoms with Crippen LogP contribution < -0.4 is 10.2 Å². The van der Waals surface area contributed by atoms with Crippen molar-refractivity contribution in [2.24, 2.45) is 0 Å². The van der Waals surface area contributed by atoms with E-state index in [0.29, 0.717) is 0 Å². The molecule has 0 bridgehead atoms. The molecule has 1 aromatic carbocycles. The van der Waals surface area contributed by atoms with Gasteiger partial charge in [-0.1, -0.05) is 0 Å². The summed E-state index contributed by atoms with van der Waals surface area (Å²) in [6.45, 7) is 1.27. The first kappa shape index (κ1) is 20.2. The Balaban J connectivity index is 1.85. The Morgan fingerprint density at radius 3 is 2.50 bits per heavy atom. The van der Waals surface area contributed by atoms with Crippen molar-refractivity contribution in [1.29, 1.82) is 0 Å². The van der Waals surface area contributed by atoms with Gasteiger partial charge in [-0.3, -0.25) is 29.7 Å². The monoisotopic (exact) mass is 395 g/mol. The van der Waals surface area contributed by atoms with Gasteiger partial charge in [-0.05, 0) is 17.4 Å². The fourth-order valence-electron chi connectivity index (χ4n) is 2.05. The van der Waals surface area contributed by atoms with Gasteiger partial charge in [0.05, 0.1) is 21.6 Å². The number of hydrogen-bond donors (Lipinski definition) is 1. The number of benzene rings is 1. The van der Waals surface area contributed by atoms with Crippen LogP contribution in [0.15, 0.2) is 22.8 Å². The highest BCUT2D eigenvalue weighted by atomic mass is 16.8. The van der Waals surface area contributed by atoms with E-state index in [2.05, 4.69) is 15.1 Å². The molecule has 2 rings (SSSR count). The highest BCUT2D eigenvalue weighted by molar-refractivity contribution is 5.95. The second kappa shape index (κ2) is 8.52. The highest BCUT2D eigenvalue weighted by Gasteiger charge is 2.26. The van der Waals surface area contributed by atoms with Crippen LogP contribution in [0.4, 0.5) is 11.4 Å². The van der Waals surface area contributed by atoms with Crippen molar-refractivity contribution in [3.8, 4) is 0 Å². The third kappa shape index (κ3) is 4.54. The van der Waals surface area contributed by atoms with Gasteiger partial charge < -0.3 is 15.3 Å². The molecule has 0 unspecified atom stereocenters. The van der Waals surface area contributed by atoms with Crippen LogP contribution in [0.25, 0.3) is 0 Å². The van der Waals surface area contributed by atoms with Gasteiger partial charge >= 0.3 is 23.0 Å². The van der Waals surface area contributed by atoms with Gasteiger partial charge in [0.2, 0.25) is 5.69 Å². The molecular weight excluding hydrogens is 382 g/mol. The van der Waals surface area contributed by atoms with Crippen molar-refractivity contribution in [3.05, 3.63) is 60.6 Å². The lowest BCUT2D eigenvalue weighted by Crippen LogP contribution is -2.27. The lowest BCUT2D eigenvalue weighted by Gasteiger charge is -2.05. The van der Waals surface area contributed by atoms with Crippen LogP contribution in [0.3, 0.4) is 0 Å². The first-order chi connectivity index (χ1) is 13.2. The molecule has 28 heavy (non-hydrogen) atoms. The van der Waals surface area contributed by atoms with E-state index in [1.165, 1.54) is 6.92 Å². The minimum absolute atomic E-state index is 0.0518. The van der Waals surface area contributed by atoms with E-state index in [9.17, 15) is 35.0 Å². The Hall–Kier alpha value is -4.10. The first-order valence-corrected chi connectivity index (χ1v) is 7.67. The summed E-state index contributed by atoms with van der Waals surface area (Å²) >= 11 is 0. The number of nitrogens with zero attached hydrogens (tertiary/aromatic N) is 4. The summed E-state index contributed by atoms with van der Waals surface area (Å²) in [7, 11) is 0. The third-order valence-corrected chi connectivity index (χ3v) is 3.49. The number of carbonyl (C=O) groups excluding carboxylic acids is 2. The van der Waals surface area contributed by atoms with Crippen molar-refractivity contribution in [2.75, 3.05) is 13.2 Å². The summed E-state index contributed by atoms with van der Waals surface area (Å²) in [5, 5.41) is 38.3. The minimum Gasteiger partial charge on any atom is -0.459 e. The van der Waals surface area contributed by atoms with Crippen LogP contribution in [0, 0.1) is 32.4 Å². The van der Waals surface area contributed by atoms with Gasteiger partial charge in [0.15, 0.2) is 0 Å². The molecule has 148 valence electrons. The summed E-state index contributed by atoms with van der Waals surface area (Å²) in [5.41, 5.74) is -1.98. The SMILES string of the molecule is Cc1c(C(=O)OCCCNC(=O)c2ccc([N+](=O)[O-])c([N+](=O)[O-])c2)no[n+]1[O-]. The molecule has 0 atom stereocenters. The number of esters is 1. The molecular formula is C14H13N5O9. The first-order valence-electron chi connectivity index (χ1n) is 7.67. The summed E-state index contributed by atoms with van der Waals surface area (Å²) in [5.74, 6) is -1.56. The average molecular weight is 395 g/mol. The molecule has 0 aliphatic rings. The van der Waals surface area contributed by atoms with E-state index in [1.54, 1.807) is 0 Å². The molecule has 0 saturated heterocycles. The van der Waals surface area contributed by atoms with Gasteiger partial charge in [-0.2, -0.15) is 0 Å². The van der Waals surface area contributed by atoms with Crippen molar-refractivity contribution in [2.45, 2.75) is 13.3 Å². The summed E-state index contributed by atoms with van der Waals surface area (Å²) in [6.07, 6.45) is 0.195. The summed E-state index contributed by atoms with van der Waals surface area (Å²) in [4.78, 5) is 43.5. The Bertz CT molecular complexity index is 939. The predicted molar refractivity (Wildman–Crippen MR) is 87.2 cm³/mol.